The molecule has 2 rings (SSSR count). The largest absolute Gasteiger partial charge is 0.365 e. The van der Waals surface area contributed by atoms with Gasteiger partial charge in [-0.15, -0.1) is 0 Å². The molecule has 1 aromatic heterocycles. The minimum absolute atomic E-state index is 0.795. The second-order valence-electron chi connectivity index (χ2n) is 5.68. The van der Waals surface area contributed by atoms with Crippen molar-refractivity contribution in [1.29, 1.82) is 0 Å². The Morgan fingerprint density at radius 3 is 1.88 bits per heavy atom. The second-order valence-corrected chi connectivity index (χ2v) is 5.68. The molecule has 1 saturated carbocycles. The molecular formula is C16H27N. The van der Waals surface area contributed by atoms with Crippen LogP contribution in [-0.2, 0) is 0 Å². The van der Waals surface area contributed by atoms with E-state index in [9.17, 15) is 0 Å². The molecule has 1 heteroatoms. The smallest absolute Gasteiger partial charge is 0.0208 e. The predicted molar refractivity (Wildman–Crippen MR) is 74.4 cm³/mol. The first-order valence-electron chi connectivity index (χ1n) is 7.52. The van der Waals surface area contributed by atoms with Crippen molar-refractivity contribution >= 4 is 0 Å². The summed E-state index contributed by atoms with van der Waals surface area (Å²) in [5, 5.41) is 0. The number of aromatic nitrogens is 1. The highest BCUT2D eigenvalue weighted by Crippen LogP contribution is 2.30. The number of hydrogen-bond donors (Lipinski definition) is 1. The molecule has 0 saturated heterocycles. The van der Waals surface area contributed by atoms with Crippen LogP contribution < -0.4 is 0 Å². The number of H-pyrrole nitrogens is 1. The van der Waals surface area contributed by atoms with Crippen LogP contribution in [0.5, 0.6) is 0 Å². The van der Waals surface area contributed by atoms with Crippen molar-refractivity contribution in [2.24, 2.45) is 0 Å². The Labute approximate surface area is 106 Å². The van der Waals surface area contributed by atoms with Crippen molar-refractivity contribution in [2.45, 2.75) is 77.0 Å². The molecule has 1 aliphatic rings. The molecule has 0 aromatic carbocycles. The summed E-state index contributed by atoms with van der Waals surface area (Å²) in [7, 11) is 0. The van der Waals surface area contributed by atoms with Crippen LogP contribution >= 0.6 is 0 Å². The lowest BCUT2D eigenvalue weighted by molar-refractivity contribution is 0.505. The summed E-state index contributed by atoms with van der Waals surface area (Å²) in [6.07, 6.45) is 16.4. The van der Waals surface area contributed by atoms with Crippen molar-refractivity contribution in [3.8, 4) is 0 Å². The molecule has 0 aliphatic heterocycles. The lowest BCUT2D eigenvalue weighted by atomic mass is 9.91. The molecule has 1 N–H and O–H groups in total. The first-order valence-corrected chi connectivity index (χ1v) is 7.52. The van der Waals surface area contributed by atoms with Crippen molar-refractivity contribution in [1.82, 2.24) is 4.98 Å². The molecule has 96 valence electrons. The van der Waals surface area contributed by atoms with Gasteiger partial charge in [0.25, 0.3) is 0 Å². The van der Waals surface area contributed by atoms with E-state index in [1.807, 2.05) is 0 Å². The fraction of sp³-hybridized carbons (Fsp3) is 0.750. The van der Waals surface area contributed by atoms with E-state index < -0.39 is 0 Å². The van der Waals surface area contributed by atoms with E-state index in [1.54, 1.807) is 0 Å². The van der Waals surface area contributed by atoms with Crippen molar-refractivity contribution < 1.29 is 0 Å². The molecule has 0 bridgehead atoms. The summed E-state index contributed by atoms with van der Waals surface area (Å²) < 4.78 is 0. The zero-order valence-corrected chi connectivity index (χ0v) is 11.3. The third-order valence-corrected chi connectivity index (χ3v) is 4.26. The van der Waals surface area contributed by atoms with Gasteiger partial charge in [0, 0.05) is 11.9 Å². The minimum Gasteiger partial charge on any atom is -0.365 e. The topological polar surface area (TPSA) is 15.8 Å². The average molecular weight is 233 g/mol. The molecule has 1 aromatic rings. The van der Waals surface area contributed by atoms with E-state index in [0.717, 1.165) is 5.92 Å². The molecule has 0 atom stereocenters. The van der Waals surface area contributed by atoms with Crippen molar-refractivity contribution in [2.75, 3.05) is 0 Å². The number of hydrogen-bond acceptors (Lipinski definition) is 0. The van der Waals surface area contributed by atoms with Gasteiger partial charge in [0.1, 0.15) is 0 Å². The molecule has 0 amide bonds. The Morgan fingerprint density at radius 1 is 0.882 bits per heavy atom. The van der Waals surface area contributed by atoms with Crippen LogP contribution in [0.3, 0.4) is 0 Å². The molecule has 1 fully saturated rings. The number of nitrogens with one attached hydrogen (secondary N) is 1. The molecule has 1 heterocycles. The highest BCUT2D eigenvalue weighted by atomic mass is 14.7. The summed E-state index contributed by atoms with van der Waals surface area (Å²) in [4.78, 5) is 3.47. The molecule has 1 aliphatic carbocycles. The monoisotopic (exact) mass is 233 g/mol. The van der Waals surface area contributed by atoms with Gasteiger partial charge in [-0.2, -0.15) is 0 Å². The van der Waals surface area contributed by atoms with Gasteiger partial charge in [0.15, 0.2) is 0 Å². The van der Waals surface area contributed by atoms with Crippen molar-refractivity contribution in [3.05, 3.63) is 23.5 Å². The van der Waals surface area contributed by atoms with Gasteiger partial charge in [-0.05, 0) is 37.3 Å². The number of aromatic amines is 1. The molecule has 1 nitrogen and oxygen atoms in total. The third kappa shape index (κ3) is 3.90. The minimum atomic E-state index is 0.795. The van der Waals surface area contributed by atoms with E-state index >= 15 is 0 Å². The summed E-state index contributed by atoms with van der Waals surface area (Å²) in [5.41, 5.74) is 2.98. The van der Waals surface area contributed by atoms with E-state index in [-0.39, 0.29) is 0 Å². The summed E-state index contributed by atoms with van der Waals surface area (Å²) in [6.45, 7) is 2.25. The number of aryl methyl sites for hydroxylation is 1. The average Bonchev–Trinajstić information content (AvgIpc) is 2.72. The predicted octanol–water partition coefficient (Wildman–Crippen LogP) is 5.32. The Hall–Kier alpha value is -0.720. The van der Waals surface area contributed by atoms with Gasteiger partial charge in [-0.25, -0.2) is 0 Å². The first-order chi connectivity index (χ1) is 8.38. The van der Waals surface area contributed by atoms with Crippen LogP contribution in [0.4, 0.5) is 0 Å². The highest BCUT2D eigenvalue weighted by molar-refractivity contribution is 5.22. The quantitative estimate of drug-likeness (QED) is 0.675. The van der Waals surface area contributed by atoms with Crippen LogP contribution in [0, 0.1) is 6.92 Å². The zero-order valence-electron chi connectivity index (χ0n) is 11.3. The second kappa shape index (κ2) is 6.88. The maximum absolute atomic E-state index is 3.47. The SMILES string of the molecule is Cc1cc[nH]c1C1CCCCCCCCCC1. The Kier molecular flexibility index (Phi) is 5.15. The van der Waals surface area contributed by atoms with E-state index in [0.29, 0.717) is 0 Å². The van der Waals surface area contributed by atoms with Crippen LogP contribution in [0.2, 0.25) is 0 Å². The molecule has 17 heavy (non-hydrogen) atoms. The van der Waals surface area contributed by atoms with Crippen LogP contribution in [-0.4, -0.2) is 4.98 Å². The maximum atomic E-state index is 3.47. The van der Waals surface area contributed by atoms with E-state index in [4.69, 9.17) is 0 Å². The Bertz CT molecular complexity index is 301. The molecule has 0 radical (unpaired) electrons. The van der Waals surface area contributed by atoms with Gasteiger partial charge in [-0.3, -0.25) is 0 Å². The third-order valence-electron chi connectivity index (χ3n) is 4.26. The van der Waals surface area contributed by atoms with Gasteiger partial charge in [-0.1, -0.05) is 51.4 Å². The molecular weight excluding hydrogens is 206 g/mol. The van der Waals surface area contributed by atoms with E-state index in [2.05, 4.69) is 24.2 Å². The molecule has 0 unspecified atom stereocenters. The lowest BCUT2D eigenvalue weighted by Crippen LogP contribution is -2.01. The normalized spacial score (nSPS) is 21.0. The Morgan fingerprint density at radius 2 is 1.41 bits per heavy atom. The first kappa shape index (κ1) is 12.7. The van der Waals surface area contributed by atoms with Gasteiger partial charge >= 0.3 is 0 Å². The van der Waals surface area contributed by atoms with Crippen LogP contribution in [0.15, 0.2) is 12.3 Å². The van der Waals surface area contributed by atoms with Gasteiger partial charge < -0.3 is 4.98 Å². The summed E-state index contributed by atoms with van der Waals surface area (Å²) >= 11 is 0. The summed E-state index contributed by atoms with van der Waals surface area (Å²) in [6, 6.07) is 2.22. The maximum Gasteiger partial charge on any atom is 0.0208 e. The molecule has 0 spiro atoms. The number of rotatable bonds is 1. The van der Waals surface area contributed by atoms with E-state index in [1.165, 1.54) is 75.5 Å². The van der Waals surface area contributed by atoms with Gasteiger partial charge in [0.05, 0.1) is 0 Å². The van der Waals surface area contributed by atoms with Gasteiger partial charge in [0.2, 0.25) is 0 Å². The van der Waals surface area contributed by atoms with Crippen molar-refractivity contribution in [3.63, 3.8) is 0 Å². The standard InChI is InChI=1S/C16H27N/c1-14-12-13-17-16(14)15-10-8-6-4-2-3-5-7-9-11-15/h12-13,15,17H,2-11H2,1H3. The fourth-order valence-corrected chi connectivity index (χ4v) is 3.18. The summed E-state index contributed by atoms with van der Waals surface area (Å²) in [5.74, 6) is 0.795. The lowest BCUT2D eigenvalue weighted by Gasteiger charge is -2.16. The van der Waals surface area contributed by atoms with Crippen LogP contribution in [0.1, 0.15) is 81.4 Å². The fourth-order valence-electron chi connectivity index (χ4n) is 3.18. The zero-order chi connectivity index (χ0) is 11.9. The Balaban J connectivity index is 1.95. The van der Waals surface area contributed by atoms with Crippen LogP contribution in [0.25, 0.3) is 0 Å². The highest BCUT2D eigenvalue weighted by Gasteiger charge is 2.14.